The molecule has 8 aromatic rings. The smallest absolute Gasteiger partial charge is 0.0340 e. The molecular formula is C55H50F6IPS-2. The molecule has 0 fully saturated rings. The van der Waals surface area contributed by atoms with E-state index in [2.05, 4.69) is 239 Å². The molecule has 0 amide bonds. The second-order valence-electron chi connectivity index (χ2n) is 15.8. The summed E-state index contributed by atoms with van der Waals surface area (Å²) in [5.74, 6) is 1.18. The van der Waals surface area contributed by atoms with Gasteiger partial charge in [-0.15, -0.1) is 0 Å². The molecule has 0 bridgehead atoms. The molecule has 0 atom stereocenters. The number of halogens is 7. The normalized spacial score (nSPS) is 12.4. The van der Waals surface area contributed by atoms with E-state index in [1.54, 1.807) is 0 Å². The number of hydrogen-bond acceptors (Lipinski definition) is 1. The minimum absolute atomic E-state index is 0.0179. The summed E-state index contributed by atoms with van der Waals surface area (Å²) in [5.41, 5.74) is 10.7. The predicted octanol–water partition coefficient (Wildman–Crippen LogP) is 14.9. The van der Waals surface area contributed by atoms with Crippen LogP contribution in [0.5, 0.6) is 0 Å². The maximum Gasteiger partial charge on any atom is 0.0340 e. The van der Waals surface area contributed by atoms with E-state index in [0.29, 0.717) is 0 Å². The molecule has 0 nitrogen and oxygen atoms in total. The minimum Gasteiger partial charge on any atom is -0.0901 e. The van der Waals surface area contributed by atoms with Crippen molar-refractivity contribution in [1.82, 2.24) is 0 Å². The Labute approximate surface area is 388 Å². The molecule has 0 aliphatic heterocycles. The van der Waals surface area contributed by atoms with Crippen molar-refractivity contribution in [2.75, 3.05) is 0 Å². The fourth-order valence-corrected chi connectivity index (χ4v) is 10.2. The quantitative estimate of drug-likeness (QED) is 0.0509. The van der Waals surface area contributed by atoms with Crippen molar-refractivity contribution < 1.29 is 46.4 Å². The first-order valence-electron chi connectivity index (χ1n) is 20.9. The molecular weight excluding hydrogens is 965 g/mol. The largest absolute Gasteiger partial charge is 0.0901 e. The van der Waals surface area contributed by atoms with Crippen LogP contribution in [0.15, 0.2) is 228 Å². The Morgan fingerprint density at radius 2 is 0.672 bits per heavy atom. The Balaban J connectivity index is 0.000000225. The zero-order valence-corrected chi connectivity index (χ0v) is 39.6. The summed E-state index contributed by atoms with van der Waals surface area (Å²) < 4.78 is 62.2. The molecule has 64 heavy (non-hydrogen) atoms. The van der Waals surface area contributed by atoms with Gasteiger partial charge in [0, 0.05) is 21.6 Å². The second-order valence-corrected chi connectivity index (χ2v) is 21.9. The van der Waals surface area contributed by atoms with Gasteiger partial charge in [0.25, 0.3) is 0 Å². The molecule has 0 saturated heterocycles. The van der Waals surface area contributed by atoms with Crippen molar-refractivity contribution in [3.8, 4) is 0 Å². The monoisotopic (exact) mass is 1010 g/mol. The van der Waals surface area contributed by atoms with E-state index in [1.807, 2.05) is 11.8 Å². The molecule has 0 aliphatic carbocycles. The summed E-state index contributed by atoms with van der Waals surface area (Å²) >= 11 is 1.79. The molecule has 0 radical (unpaired) electrons. The van der Waals surface area contributed by atoms with Gasteiger partial charge in [0.15, 0.2) is 0 Å². The topological polar surface area (TPSA) is 0 Å². The third-order valence-electron chi connectivity index (χ3n) is 9.98. The molecule has 0 aliphatic rings. The van der Waals surface area contributed by atoms with Crippen LogP contribution in [0.3, 0.4) is 0 Å². The minimum atomic E-state index is -10.7. The van der Waals surface area contributed by atoms with Gasteiger partial charge >= 0.3 is 154 Å². The number of aryl methyl sites for hydroxylation is 1. The molecule has 8 rings (SSSR count). The van der Waals surface area contributed by atoms with Gasteiger partial charge < -0.3 is 0 Å². The second kappa shape index (κ2) is 21.2. The van der Waals surface area contributed by atoms with Crippen LogP contribution in [0.4, 0.5) is 25.2 Å². The molecule has 0 saturated carbocycles. The van der Waals surface area contributed by atoms with E-state index >= 15 is 0 Å². The van der Waals surface area contributed by atoms with Gasteiger partial charge in [-0.05, 0) is 57.6 Å². The van der Waals surface area contributed by atoms with Gasteiger partial charge in [0.2, 0.25) is 0 Å². The first kappa shape index (κ1) is 48.3. The molecule has 8 aromatic carbocycles. The maximum absolute atomic E-state index is 10.7. The van der Waals surface area contributed by atoms with Crippen LogP contribution in [-0.2, 0) is 6.42 Å². The fourth-order valence-electron chi connectivity index (χ4n) is 7.21. The van der Waals surface area contributed by atoms with Crippen LogP contribution in [0, 0.1) is 20.0 Å². The molecule has 0 aromatic heterocycles. The van der Waals surface area contributed by atoms with Crippen molar-refractivity contribution in [1.29, 1.82) is 0 Å². The summed E-state index contributed by atoms with van der Waals surface area (Å²) in [6.45, 7) is 6.68. The number of benzene rings is 8. The zero-order chi connectivity index (χ0) is 45.6. The van der Waals surface area contributed by atoms with Crippen molar-refractivity contribution in [3.05, 3.63) is 270 Å². The van der Waals surface area contributed by atoms with Crippen LogP contribution in [0.1, 0.15) is 70.2 Å². The molecule has 332 valence electrons. The van der Waals surface area contributed by atoms with Gasteiger partial charge in [0.1, 0.15) is 0 Å². The van der Waals surface area contributed by atoms with E-state index in [0.717, 1.165) is 5.92 Å². The Morgan fingerprint density at radius 3 is 0.969 bits per heavy atom. The van der Waals surface area contributed by atoms with E-state index < -0.39 is 7.81 Å². The van der Waals surface area contributed by atoms with E-state index in [1.165, 1.54) is 67.9 Å². The standard InChI is InChI=1S/C38H30S.C17H20I.F6P/c1-5-13-29(14-6-1)37(30-15-7-2-8-16-30)33-21-25-35(26-22-33)39-36-27-23-34(24-28-36)38(31-17-9-3-10-18-31)32-19-11-4-12-20-32;1-13(2)12-15-6-10-17(11-7-15)18-16-8-4-14(3)5-9-16;1-7(2,3,4,5)6/h1-28,37-38H;4-11,13H,12H2,1-3H3;/q;2*-1. The maximum atomic E-state index is 9.87. The Kier molecular flexibility index (Phi) is 16.0. The summed E-state index contributed by atoms with van der Waals surface area (Å²) in [6, 6.07) is 79.4. The van der Waals surface area contributed by atoms with Gasteiger partial charge in [-0.1, -0.05) is 157 Å². The molecule has 0 N–H and O–H groups in total. The Bertz CT molecular complexity index is 2400. The van der Waals surface area contributed by atoms with Crippen LogP contribution in [0.25, 0.3) is 0 Å². The van der Waals surface area contributed by atoms with Crippen molar-refractivity contribution >= 4 is 19.6 Å². The Hall–Kier alpha value is -5.15. The van der Waals surface area contributed by atoms with Crippen molar-refractivity contribution in [2.45, 2.75) is 48.8 Å². The summed E-state index contributed by atoms with van der Waals surface area (Å²) in [7, 11) is -10.7. The molecule has 0 unspecified atom stereocenters. The van der Waals surface area contributed by atoms with Gasteiger partial charge in [-0.25, -0.2) is 0 Å². The first-order chi connectivity index (χ1) is 30.4. The van der Waals surface area contributed by atoms with Crippen LogP contribution >= 0.6 is 19.6 Å². The van der Waals surface area contributed by atoms with Crippen LogP contribution in [-0.4, -0.2) is 0 Å². The van der Waals surface area contributed by atoms with Gasteiger partial charge in [0.05, 0.1) is 0 Å². The molecule has 9 heteroatoms. The van der Waals surface area contributed by atoms with Crippen LogP contribution < -0.4 is 21.2 Å². The zero-order valence-electron chi connectivity index (χ0n) is 35.7. The molecule has 0 spiro atoms. The Morgan fingerprint density at radius 1 is 0.391 bits per heavy atom. The summed E-state index contributed by atoms with van der Waals surface area (Å²) in [6.07, 6.45) is 1.18. The molecule has 0 heterocycles. The average molecular weight is 1010 g/mol. The predicted molar refractivity (Wildman–Crippen MR) is 252 cm³/mol. The third-order valence-corrected chi connectivity index (χ3v) is 13.7. The number of hydrogen-bond donors (Lipinski definition) is 0. The summed E-state index contributed by atoms with van der Waals surface area (Å²) in [5, 5.41) is 0. The van der Waals surface area contributed by atoms with E-state index in [9.17, 15) is 25.2 Å². The first-order valence-corrected chi connectivity index (χ1v) is 25.9. The fraction of sp³-hybridized carbons (Fsp3) is 0.127. The van der Waals surface area contributed by atoms with E-state index in [-0.39, 0.29) is 33.0 Å². The average Bonchev–Trinajstić information content (AvgIpc) is 3.27. The SMILES string of the molecule is Cc1ccc([I-]c2ccc(CC(C)C)cc2)cc1.F[P-](F)(F)(F)(F)F.c1ccc(C(c2ccccc2)c2ccc(Sc3ccc(C(c4ccccc4)c4ccccc4)cc3)cc2)cc1. The summed E-state index contributed by atoms with van der Waals surface area (Å²) in [4.78, 5) is 2.49. The van der Waals surface area contributed by atoms with Crippen LogP contribution in [0.2, 0.25) is 0 Å². The number of rotatable bonds is 12. The van der Waals surface area contributed by atoms with E-state index in [4.69, 9.17) is 0 Å². The van der Waals surface area contributed by atoms with Crippen molar-refractivity contribution in [2.24, 2.45) is 5.92 Å². The van der Waals surface area contributed by atoms with Crippen molar-refractivity contribution in [3.63, 3.8) is 0 Å². The van der Waals surface area contributed by atoms with Gasteiger partial charge in [-0.2, -0.15) is 0 Å². The third kappa shape index (κ3) is 16.8. The van der Waals surface area contributed by atoms with Gasteiger partial charge in [-0.3, -0.25) is 0 Å².